The second-order valence-corrected chi connectivity index (χ2v) is 6.47. The molecule has 2 aromatic rings. The molecule has 0 amide bonds. The monoisotopic (exact) mass is 283 g/mol. The van der Waals surface area contributed by atoms with Gasteiger partial charge in [0.2, 0.25) is 0 Å². The Balaban J connectivity index is 1.86. The molecule has 1 aliphatic heterocycles. The average Bonchev–Trinajstić information content (AvgIpc) is 2.48. The first-order valence-electron chi connectivity index (χ1n) is 6.89. The molecule has 2 nitrogen and oxygen atoms in total. The fourth-order valence-corrected chi connectivity index (χ4v) is 3.67. The van der Waals surface area contributed by atoms with Gasteiger partial charge in [-0.15, -0.1) is 0 Å². The van der Waals surface area contributed by atoms with Gasteiger partial charge in [0, 0.05) is 11.7 Å². The summed E-state index contributed by atoms with van der Waals surface area (Å²) < 4.78 is 0. The van der Waals surface area contributed by atoms with Gasteiger partial charge in [0.15, 0.2) is 0 Å². The standard InChI is InChI=1S/C17H18N2S/c1-12-7-9-13(10-8-12)15-11-16(20-17(18)19-15)14-5-3-2-4-6-14/h2-10,15-16H,11H2,1H3,(H2,18,19)/p+1/t15-,16+/m0/s1. The van der Waals surface area contributed by atoms with E-state index >= 15 is 0 Å². The van der Waals surface area contributed by atoms with E-state index < -0.39 is 0 Å². The largest absolute Gasteiger partial charge is 0.303 e. The molecule has 0 aliphatic carbocycles. The van der Waals surface area contributed by atoms with E-state index in [1.807, 2.05) is 0 Å². The molecule has 0 aromatic heterocycles. The molecular formula is C17H19N2S+. The molecule has 0 saturated heterocycles. The van der Waals surface area contributed by atoms with Gasteiger partial charge >= 0.3 is 5.17 Å². The lowest BCUT2D eigenvalue weighted by Crippen LogP contribution is -2.77. The van der Waals surface area contributed by atoms with Crippen LogP contribution in [0, 0.1) is 6.92 Å². The van der Waals surface area contributed by atoms with Crippen LogP contribution in [0.2, 0.25) is 0 Å². The van der Waals surface area contributed by atoms with Crippen molar-refractivity contribution in [3.8, 4) is 0 Å². The molecule has 0 unspecified atom stereocenters. The summed E-state index contributed by atoms with van der Waals surface area (Å²) in [6, 6.07) is 19.6. The van der Waals surface area contributed by atoms with Crippen molar-refractivity contribution in [2.75, 3.05) is 0 Å². The fourth-order valence-electron chi connectivity index (χ4n) is 2.57. The first kappa shape index (κ1) is 13.3. The van der Waals surface area contributed by atoms with Crippen molar-refractivity contribution in [3.63, 3.8) is 0 Å². The predicted octanol–water partition coefficient (Wildman–Crippen LogP) is 2.31. The topological polar surface area (TPSA) is 40.0 Å². The van der Waals surface area contributed by atoms with Crippen LogP contribution in [-0.4, -0.2) is 5.17 Å². The lowest BCUT2D eigenvalue weighted by Gasteiger charge is -2.23. The van der Waals surface area contributed by atoms with Gasteiger partial charge in [-0.3, -0.25) is 10.7 Å². The maximum atomic E-state index is 6.09. The highest BCUT2D eigenvalue weighted by Crippen LogP contribution is 2.36. The van der Waals surface area contributed by atoms with Crippen LogP contribution in [0.15, 0.2) is 54.6 Å². The molecule has 1 aliphatic rings. The zero-order valence-electron chi connectivity index (χ0n) is 11.5. The molecule has 3 N–H and O–H groups in total. The van der Waals surface area contributed by atoms with Gasteiger partial charge in [-0.2, -0.15) is 0 Å². The smallest absolute Gasteiger partial charge is 0.282 e. The van der Waals surface area contributed by atoms with E-state index in [2.05, 4.69) is 66.5 Å². The summed E-state index contributed by atoms with van der Waals surface area (Å²) in [5.74, 6) is 0. The minimum Gasteiger partial charge on any atom is -0.282 e. The number of hydrogen-bond acceptors (Lipinski definition) is 2. The summed E-state index contributed by atoms with van der Waals surface area (Å²) in [5, 5.41) is 1.24. The van der Waals surface area contributed by atoms with Crippen molar-refractivity contribution in [1.29, 1.82) is 0 Å². The molecule has 2 atom stereocenters. The lowest BCUT2D eigenvalue weighted by molar-refractivity contribution is -0.511. The zero-order valence-corrected chi connectivity index (χ0v) is 12.4. The zero-order chi connectivity index (χ0) is 13.9. The van der Waals surface area contributed by atoms with Gasteiger partial charge in [-0.1, -0.05) is 60.2 Å². The SMILES string of the molecule is Cc1ccc([C@@H]2C[C@H](c3ccccc3)SC(N)=[NH+]2)cc1. The van der Waals surface area contributed by atoms with Gasteiger partial charge < -0.3 is 0 Å². The van der Waals surface area contributed by atoms with E-state index in [0.717, 1.165) is 11.6 Å². The van der Waals surface area contributed by atoms with Crippen LogP contribution in [0.1, 0.15) is 34.4 Å². The third-order valence-corrected chi connectivity index (χ3v) is 4.81. The fraction of sp³-hybridized carbons (Fsp3) is 0.235. The summed E-state index contributed by atoms with van der Waals surface area (Å²) in [6.07, 6.45) is 1.05. The Bertz CT molecular complexity index is 605. The van der Waals surface area contributed by atoms with Crippen LogP contribution in [0.25, 0.3) is 0 Å². The van der Waals surface area contributed by atoms with Crippen molar-refractivity contribution < 1.29 is 4.99 Å². The predicted molar refractivity (Wildman–Crippen MR) is 85.5 cm³/mol. The van der Waals surface area contributed by atoms with E-state index in [0.29, 0.717) is 11.3 Å². The molecule has 0 fully saturated rings. The minimum absolute atomic E-state index is 0.294. The number of thioether (sulfide) groups is 1. The summed E-state index contributed by atoms with van der Waals surface area (Å²) in [7, 11) is 0. The quantitative estimate of drug-likeness (QED) is 0.888. The second-order valence-electron chi connectivity index (χ2n) is 5.22. The molecule has 1 heterocycles. The van der Waals surface area contributed by atoms with Gasteiger partial charge in [0.25, 0.3) is 0 Å². The lowest BCUT2D eigenvalue weighted by atomic mass is 9.98. The molecule has 0 saturated carbocycles. The Morgan fingerprint density at radius 1 is 1.00 bits per heavy atom. The highest BCUT2D eigenvalue weighted by Gasteiger charge is 2.28. The molecule has 0 radical (unpaired) electrons. The maximum Gasteiger partial charge on any atom is 0.303 e. The van der Waals surface area contributed by atoms with E-state index in [-0.39, 0.29) is 0 Å². The maximum absolute atomic E-state index is 6.09. The van der Waals surface area contributed by atoms with Gasteiger partial charge in [-0.25, -0.2) is 0 Å². The normalized spacial score (nSPS) is 22.4. The van der Waals surface area contributed by atoms with Gasteiger partial charge in [-0.05, 0) is 29.8 Å². The molecule has 20 heavy (non-hydrogen) atoms. The van der Waals surface area contributed by atoms with Gasteiger partial charge in [0.1, 0.15) is 6.04 Å². The minimum atomic E-state index is 0.294. The second kappa shape index (κ2) is 5.71. The summed E-state index contributed by atoms with van der Waals surface area (Å²) in [5.41, 5.74) is 10.0. The van der Waals surface area contributed by atoms with E-state index in [9.17, 15) is 0 Å². The van der Waals surface area contributed by atoms with Crippen molar-refractivity contribution in [2.45, 2.75) is 24.6 Å². The molecule has 3 heteroatoms. The molecular weight excluding hydrogens is 264 g/mol. The first-order valence-corrected chi connectivity index (χ1v) is 7.77. The number of benzene rings is 2. The number of hydrogen-bond donors (Lipinski definition) is 2. The molecule has 0 bridgehead atoms. The van der Waals surface area contributed by atoms with Crippen LogP contribution in [0.3, 0.4) is 0 Å². The summed E-state index contributed by atoms with van der Waals surface area (Å²) >= 11 is 1.72. The van der Waals surface area contributed by atoms with E-state index in [1.165, 1.54) is 16.7 Å². The van der Waals surface area contributed by atoms with Crippen LogP contribution in [0.4, 0.5) is 0 Å². The number of rotatable bonds is 2. The number of nitrogens with two attached hydrogens (primary N) is 1. The molecule has 102 valence electrons. The third-order valence-electron chi connectivity index (χ3n) is 3.69. The van der Waals surface area contributed by atoms with Crippen LogP contribution >= 0.6 is 11.8 Å². The number of amidine groups is 1. The van der Waals surface area contributed by atoms with Crippen LogP contribution in [0.5, 0.6) is 0 Å². The average molecular weight is 283 g/mol. The first-order chi connectivity index (χ1) is 9.72. The Morgan fingerprint density at radius 2 is 1.70 bits per heavy atom. The highest BCUT2D eigenvalue weighted by molar-refractivity contribution is 8.13. The molecule has 0 spiro atoms. The van der Waals surface area contributed by atoms with E-state index in [4.69, 9.17) is 5.73 Å². The third kappa shape index (κ3) is 2.88. The van der Waals surface area contributed by atoms with Gasteiger partial charge in [0.05, 0.1) is 0 Å². The molecule has 2 aromatic carbocycles. The van der Waals surface area contributed by atoms with E-state index in [1.54, 1.807) is 11.8 Å². The Kier molecular flexibility index (Phi) is 3.79. The van der Waals surface area contributed by atoms with Crippen molar-refractivity contribution in [2.24, 2.45) is 5.73 Å². The summed E-state index contributed by atoms with van der Waals surface area (Å²) in [4.78, 5) is 3.41. The Labute approximate surface area is 124 Å². The number of nitrogens with one attached hydrogen (secondary N) is 1. The number of aryl methyl sites for hydroxylation is 1. The highest BCUT2D eigenvalue weighted by atomic mass is 32.2. The Hall–Kier alpha value is -1.74. The van der Waals surface area contributed by atoms with Crippen molar-refractivity contribution in [1.82, 2.24) is 0 Å². The van der Waals surface area contributed by atoms with Crippen molar-refractivity contribution in [3.05, 3.63) is 71.3 Å². The van der Waals surface area contributed by atoms with Crippen LogP contribution in [-0.2, 0) is 0 Å². The van der Waals surface area contributed by atoms with Crippen LogP contribution < -0.4 is 10.7 Å². The summed E-state index contributed by atoms with van der Waals surface area (Å²) in [6.45, 7) is 2.11. The van der Waals surface area contributed by atoms with Crippen molar-refractivity contribution >= 4 is 16.9 Å². The molecule has 3 rings (SSSR count). The Morgan fingerprint density at radius 3 is 2.40 bits per heavy atom.